The first-order chi connectivity index (χ1) is 9.18. The van der Waals surface area contributed by atoms with E-state index in [9.17, 15) is 4.79 Å². The maximum absolute atomic E-state index is 11.4. The molecule has 0 atom stereocenters. The Hall–Kier alpha value is -1.71. The zero-order chi connectivity index (χ0) is 13.7. The van der Waals surface area contributed by atoms with Gasteiger partial charge in [-0.25, -0.2) is 0 Å². The van der Waals surface area contributed by atoms with Crippen LogP contribution in [0.3, 0.4) is 0 Å². The lowest BCUT2D eigenvalue weighted by Gasteiger charge is -2.21. The summed E-state index contributed by atoms with van der Waals surface area (Å²) < 4.78 is 5.80. The molecule has 0 unspecified atom stereocenters. The van der Waals surface area contributed by atoms with Crippen LogP contribution in [0.15, 0.2) is 18.2 Å². The van der Waals surface area contributed by atoms with E-state index < -0.39 is 0 Å². The molecule has 1 heterocycles. The number of hydrogen-bond acceptors (Lipinski definition) is 3. The summed E-state index contributed by atoms with van der Waals surface area (Å²) in [7, 11) is 3.56. The molecule has 2 rings (SSSR count). The molecule has 1 aliphatic heterocycles. The average Bonchev–Trinajstić information content (AvgIpc) is 2.43. The molecule has 1 N–H and O–H groups in total. The molecular weight excluding hydrogens is 240 g/mol. The Bertz CT molecular complexity index is 444. The Morgan fingerprint density at radius 3 is 3.05 bits per heavy atom. The van der Waals surface area contributed by atoms with E-state index in [-0.39, 0.29) is 5.91 Å². The van der Waals surface area contributed by atoms with Gasteiger partial charge in [-0.3, -0.25) is 4.79 Å². The van der Waals surface area contributed by atoms with Crippen LogP contribution in [0.4, 0.5) is 5.69 Å². The molecule has 4 nitrogen and oxygen atoms in total. The van der Waals surface area contributed by atoms with Gasteiger partial charge in [0.2, 0.25) is 5.91 Å². The number of amides is 1. The first-order valence-corrected chi connectivity index (χ1v) is 6.87. The lowest BCUT2D eigenvalue weighted by atomic mass is 10.0. The maximum Gasteiger partial charge on any atom is 0.222 e. The highest BCUT2D eigenvalue weighted by Crippen LogP contribution is 2.31. The minimum Gasteiger partial charge on any atom is -0.491 e. The number of anilines is 1. The summed E-state index contributed by atoms with van der Waals surface area (Å²) in [6, 6.07) is 6.17. The Morgan fingerprint density at radius 1 is 1.42 bits per heavy atom. The number of aryl methyl sites for hydroxylation is 1. The van der Waals surface area contributed by atoms with E-state index in [1.165, 1.54) is 12.0 Å². The van der Waals surface area contributed by atoms with Crippen LogP contribution in [0.1, 0.15) is 24.8 Å². The third-order valence-electron chi connectivity index (χ3n) is 3.33. The maximum atomic E-state index is 11.4. The van der Waals surface area contributed by atoms with Crippen LogP contribution in [0.5, 0.6) is 5.75 Å². The van der Waals surface area contributed by atoms with Gasteiger partial charge in [0.1, 0.15) is 5.75 Å². The van der Waals surface area contributed by atoms with E-state index in [1.807, 2.05) is 12.1 Å². The number of benzene rings is 1. The average molecular weight is 262 g/mol. The molecule has 0 spiro atoms. The molecule has 104 valence electrons. The normalized spacial score (nSPS) is 13.4. The highest BCUT2D eigenvalue weighted by atomic mass is 16.5. The Balaban J connectivity index is 1.85. The lowest BCUT2D eigenvalue weighted by molar-refractivity contribution is -0.128. The van der Waals surface area contributed by atoms with Crippen LogP contribution in [0.25, 0.3) is 0 Å². The van der Waals surface area contributed by atoms with Crippen LogP contribution in [0, 0.1) is 0 Å². The third kappa shape index (κ3) is 3.63. The monoisotopic (exact) mass is 262 g/mol. The van der Waals surface area contributed by atoms with Crippen molar-refractivity contribution in [2.24, 2.45) is 0 Å². The van der Waals surface area contributed by atoms with Crippen molar-refractivity contribution < 1.29 is 9.53 Å². The molecule has 1 aromatic rings. The number of nitrogens with zero attached hydrogens (tertiary/aromatic N) is 1. The Morgan fingerprint density at radius 2 is 2.26 bits per heavy atom. The number of fused-ring (bicyclic) bond motifs is 1. The smallest absolute Gasteiger partial charge is 0.222 e. The zero-order valence-corrected chi connectivity index (χ0v) is 11.7. The molecule has 0 bridgehead atoms. The van der Waals surface area contributed by atoms with Gasteiger partial charge in [-0.15, -0.1) is 0 Å². The van der Waals surface area contributed by atoms with Gasteiger partial charge in [-0.05, 0) is 30.9 Å². The minimum atomic E-state index is 0.150. The topological polar surface area (TPSA) is 41.6 Å². The lowest BCUT2D eigenvalue weighted by Crippen LogP contribution is -2.21. The van der Waals surface area contributed by atoms with Crippen molar-refractivity contribution in [2.45, 2.75) is 25.7 Å². The van der Waals surface area contributed by atoms with Crippen molar-refractivity contribution in [1.29, 1.82) is 0 Å². The highest BCUT2D eigenvalue weighted by molar-refractivity contribution is 5.75. The van der Waals surface area contributed by atoms with E-state index in [0.717, 1.165) is 30.8 Å². The summed E-state index contributed by atoms with van der Waals surface area (Å²) in [4.78, 5) is 13.1. The van der Waals surface area contributed by atoms with Gasteiger partial charge >= 0.3 is 0 Å². The van der Waals surface area contributed by atoms with Crippen molar-refractivity contribution >= 4 is 11.6 Å². The number of nitrogens with one attached hydrogen (secondary N) is 1. The molecule has 19 heavy (non-hydrogen) atoms. The molecule has 1 aromatic carbocycles. The van der Waals surface area contributed by atoms with Gasteiger partial charge < -0.3 is 15.0 Å². The number of ether oxygens (including phenoxy) is 1. The van der Waals surface area contributed by atoms with Crippen molar-refractivity contribution in [3.63, 3.8) is 0 Å². The highest BCUT2D eigenvalue weighted by Gasteiger charge is 2.13. The van der Waals surface area contributed by atoms with Crippen LogP contribution in [-0.2, 0) is 11.2 Å². The molecule has 0 saturated carbocycles. The second-order valence-corrected chi connectivity index (χ2v) is 5.06. The third-order valence-corrected chi connectivity index (χ3v) is 3.33. The van der Waals surface area contributed by atoms with Crippen LogP contribution in [0.2, 0.25) is 0 Å². The fourth-order valence-corrected chi connectivity index (χ4v) is 2.23. The number of rotatable bonds is 5. The standard InChI is InChI=1S/C15H22N2O2/c1-17(2)14(18)9-5-11-19-13-8-3-6-12-7-4-10-16-15(12)13/h3,6,8,16H,4-5,7,9-11H2,1-2H3. The molecule has 0 saturated heterocycles. The molecule has 0 radical (unpaired) electrons. The van der Waals surface area contributed by atoms with Crippen LogP contribution < -0.4 is 10.1 Å². The second kappa shape index (κ2) is 6.45. The molecular formula is C15H22N2O2. The second-order valence-electron chi connectivity index (χ2n) is 5.06. The van der Waals surface area contributed by atoms with Gasteiger partial charge in [0.05, 0.1) is 12.3 Å². The molecule has 1 amide bonds. The van der Waals surface area contributed by atoms with Crippen LogP contribution >= 0.6 is 0 Å². The summed E-state index contributed by atoms with van der Waals surface area (Å²) in [5, 5.41) is 3.40. The van der Waals surface area contributed by atoms with Crippen molar-refractivity contribution in [2.75, 3.05) is 32.6 Å². The number of hydrogen-bond donors (Lipinski definition) is 1. The molecule has 1 aliphatic rings. The molecule has 0 aromatic heterocycles. The Labute approximate surface area is 114 Å². The van der Waals surface area contributed by atoms with Gasteiger partial charge in [0.15, 0.2) is 0 Å². The van der Waals surface area contributed by atoms with Crippen molar-refractivity contribution in [1.82, 2.24) is 4.90 Å². The van der Waals surface area contributed by atoms with Crippen molar-refractivity contribution in [3.05, 3.63) is 23.8 Å². The van der Waals surface area contributed by atoms with Gasteiger partial charge in [-0.1, -0.05) is 12.1 Å². The largest absolute Gasteiger partial charge is 0.491 e. The predicted octanol–water partition coefficient (Wildman–Crippen LogP) is 2.29. The van der Waals surface area contributed by atoms with E-state index in [1.54, 1.807) is 19.0 Å². The summed E-state index contributed by atoms with van der Waals surface area (Å²) >= 11 is 0. The summed E-state index contributed by atoms with van der Waals surface area (Å²) in [6.07, 6.45) is 3.57. The van der Waals surface area contributed by atoms with Crippen molar-refractivity contribution in [3.8, 4) is 5.75 Å². The van der Waals surface area contributed by atoms with E-state index in [4.69, 9.17) is 4.74 Å². The first kappa shape index (κ1) is 13.7. The first-order valence-electron chi connectivity index (χ1n) is 6.87. The predicted molar refractivity (Wildman–Crippen MR) is 76.7 cm³/mol. The summed E-state index contributed by atoms with van der Waals surface area (Å²) in [5.41, 5.74) is 2.46. The number of para-hydroxylation sites is 1. The zero-order valence-electron chi connectivity index (χ0n) is 11.7. The van der Waals surface area contributed by atoms with E-state index >= 15 is 0 Å². The fourth-order valence-electron chi connectivity index (χ4n) is 2.23. The van der Waals surface area contributed by atoms with Gasteiger partial charge in [0.25, 0.3) is 0 Å². The van der Waals surface area contributed by atoms with Crippen LogP contribution in [-0.4, -0.2) is 38.1 Å². The Kier molecular flexibility index (Phi) is 4.66. The quantitative estimate of drug-likeness (QED) is 0.828. The van der Waals surface area contributed by atoms with Gasteiger partial charge in [0, 0.05) is 27.1 Å². The number of carbonyl (C=O) groups is 1. The summed E-state index contributed by atoms with van der Waals surface area (Å²) in [5.74, 6) is 1.06. The van der Waals surface area contributed by atoms with E-state index in [0.29, 0.717) is 13.0 Å². The summed E-state index contributed by atoms with van der Waals surface area (Å²) in [6.45, 7) is 1.59. The molecule has 0 aliphatic carbocycles. The minimum absolute atomic E-state index is 0.150. The SMILES string of the molecule is CN(C)C(=O)CCCOc1cccc2c1NCCC2. The van der Waals surface area contributed by atoms with E-state index in [2.05, 4.69) is 11.4 Å². The molecule has 4 heteroatoms. The number of carbonyl (C=O) groups excluding carboxylic acids is 1. The molecule has 0 fully saturated rings. The van der Waals surface area contributed by atoms with Gasteiger partial charge in [-0.2, -0.15) is 0 Å². The fraction of sp³-hybridized carbons (Fsp3) is 0.533.